The van der Waals surface area contributed by atoms with Gasteiger partial charge in [-0.25, -0.2) is 0 Å². The highest BCUT2D eigenvalue weighted by Gasteiger charge is 2.25. The van der Waals surface area contributed by atoms with Crippen molar-refractivity contribution in [1.82, 2.24) is 14.8 Å². The predicted molar refractivity (Wildman–Crippen MR) is 143 cm³/mol. The van der Waals surface area contributed by atoms with Crippen LogP contribution in [-0.4, -0.2) is 28.5 Å². The lowest BCUT2D eigenvalue weighted by atomic mass is 9.99. The Bertz CT molecular complexity index is 1340. The lowest BCUT2D eigenvalue weighted by Crippen LogP contribution is -2.35. The summed E-state index contributed by atoms with van der Waals surface area (Å²) < 4.78 is 1.72. The number of carbonyl (C=O) groups excluding carboxylic acids is 1. The molecule has 0 unspecified atom stereocenters. The van der Waals surface area contributed by atoms with Crippen LogP contribution in [0.4, 0.5) is 0 Å². The Balaban J connectivity index is 1.96. The van der Waals surface area contributed by atoms with E-state index in [9.17, 15) is 9.59 Å². The zero-order valence-corrected chi connectivity index (χ0v) is 20.7. The molecule has 0 aliphatic rings. The Morgan fingerprint density at radius 3 is 2.00 bits per heavy atom. The molecule has 4 rings (SSSR count). The topological polar surface area (TPSA) is 54.3 Å². The number of pyridine rings is 1. The van der Waals surface area contributed by atoms with Crippen LogP contribution in [0.25, 0.3) is 16.5 Å². The number of aromatic nitrogens is 1. The van der Waals surface area contributed by atoms with Gasteiger partial charge in [-0.3, -0.25) is 19.1 Å². The maximum atomic E-state index is 14.0. The van der Waals surface area contributed by atoms with Crippen molar-refractivity contribution in [3.05, 3.63) is 112 Å². The summed E-state index contributed by atoms with van der Waals surface area (Å²) in [5, 5.41) is 4.49. The molecule has 1 amide bonds. The fourth-order valence-electron chi connectivity index (χ4n) is 4.65. The molecule has 0 aliphatic carbocycles. The summed E-state index contributed by atoms with van der Waals surface area (Å²) in [4.78, 5) is 30.1. The zero-order valence-electron chi connectivity index (χ0n) is 20.7. The van der Waals surface area contributed by atoms with Gasteiger partial charge in [-0.2, -0.15) is 0 Å². The minimum Gasteiger partial charge on any atom is -0.345 e. The van der Waals surface area contributed by atoms with E-state index in [0.29, 0.717) is 28.6 Å². The molecule has 0 fully saturated rings. The van der Waals surface area contributed by atoms with Gasteiger partial charge in [0.25, 0.3) is 11.5 Å². The molecule has 1 N–H and O–H groups in total. The van der Waals surface area contributed by atoms with Crippen LogP contribution in [0.15, 0.2) is 89.7 Å². The minimum absolute atomic E-state index is 0.111. The van der Waals surface area contributed by atoms with E-state index in [1.807, 2.05) is 84.9 Å². The van der Waals surface area contributed by atoms with Crippen molar-refractivity contribution in [2.45, 2.75) is 39.8 Å². The van der Waals surface area contributed by atoms with E-state index in [4.69, 9.17) is 0 Å². The van der Waals surface area contributed by atoms with Gasteiger partial charge in [-0.15, -0.1) is 0 Å². The molecule has 180 valence electrons. The van der Waals surface area contributed by atoms with Crippen molar-refractivity contribution in [3.63, 3.8) is 0 Å². The molecule has 4 aromatic rings. The smallest absolute Gasteiger partial charge is 0.263 e. The summed E-state index contributed by atoms with van der Waals surface area (Å²) >= 11 is 0. The third kappa shape index (κ3) is 5.05. The second-order valence-electron chi connectivity index (χ2n) is 8.65. The molecule has 0 saturated carbocycles. The zero-order chi connectivity index (χ0) is 24.8. The number of amides is 1. The monoisotopic (exact) mass is 467 g/mol. The van der Waals surface area contributed by atoms with Crippen molar-refractivity contribution in [3.8, 4) is 5.69 Å². The number of nitrogens with zero attached hydrogens (tertiary/aromatic N) is 2. The standard InChI is InChI=1S/C30H33N3O2/c1-4-26(22-15-9-7-10-16-22)31-29(34)28-24-19-13-14-20-25(24)30(35)33(23-17-11-8-12-18-23)27(28)21-32(5-2)6-3/h7-20,26H,4-6,21H2,1-3H3,(H,31,34)/t26-/m0/s1. The van der Waals surface area contributed by atoms with E-state index in [2.05, 4.69) is 31.0 Å². The normalized spacial score (nSPS) is 12.1. The third-order valence-electron chi connectivity index (χ3n) is 6.61. The summed E-state index contributed by atoms with van der Waals surface area (Å²) in [7, 11) is 0. The minimum atomic E-state index is -0.163. The van der Waals surface area contributed by atoms with Gasteiger partial charge in [0, 0.05) is 23.0 Å². The van der Waals surface area contributed by atoms with Crippen LogP contribution in [0.3, 0.4) is 0 Å². The predicted octanol–water partition coefficient (Wildman–Crippen LogP) is 5.71. The van der Waals surface area contributed by atoms with Crippen LogP contribution < -0.4 is 10.9 Å². The van der Waals surface area contributed by atoms with Crippen LogP contribution in [0.5, 0.6) is 0 Å². The Kier molecular flexibility index (Phi) is 7.78. The summed E-state index contributed by atoms with van der Waals surface area (Å²) in [5.74, 6) is -0.163. The molecule has 1 heterocycles. The molecule has 5 heteroatoms. The van der Waals surface area contributed by atoms with Gasteiger partial charge in [-0.05, 0) is 43.3 Å². The van der Waals surface area contributed by atoms with Crippen molar-refractivity contribution in [2.75, 3.05) is 13.1 Å². The highest BCUT2D eigenvalue weighted by molar-refractivity contribution is 6.08. The number of rotatable bonds is 9. The molecule has 0 spiro atoms. The molecule has 0 bridgehead atoms. The van der Waals surface area contributed by atoms with Crippen LogP contribution in [0.1, 0.15) is 54.8 Å². The molecule has 1 aromatic heterocycles. The fourth-order valence-corrected chi connectivity index (χ4v) is 4.65. The van der Waals surface area contributed by atoms with Crippen molar-refractivity contribution < 1.29 is 4.79 Å². The van der Waals surface area contributed by atoms with Crippen LogP contribution in [0, 0.1) is 0 Å². The molecule has 0 aliphatic heterocycles. The molecular formula is C30H33N3O2. The molecule has 35 heavy (non-hydrogen) atoms. The fraction of sp³-hybridized carbons (Fsp3) is 0.267. The highest BCUT2D eigenvalue weighted by atomic mass is 16.2. The van der Waals surface area contributed by atoms with Gasteiger partial charge in [0.1, 0.15) is 0 Å². The summed E-state index contributed by atoms with van der Waals surface area (Å²) in [6.07, 6.45) is 0.761. The van der Waals surface area contributed by atoms with E-state index in [1.54, 1.807) is 4.57 Å². The Hall–Kier alpha value is -3.70. The molecule has 1 atom stereocenters. The van der Waals surface area contributed by atoms with Gasteiger partial charge in [0.05, 0.1) is 17.3 Å². The average Bonchev–Trinajstić information content (AvgIpc) is 2.91. The summed E-state index contributed by atoms with van der Waals surface area (Å²) in [6.45, 7) is 8.38. The first-order chi connectivity index (χ1) is 17.1. The number of fused-ring (bicyclic) bond motifs is 1. The quantitative estimate of drug-likeness (QED) is 0.343. The number of benzene rings is 3. The largest absolute Gasteiger partial charge is 0.345 e. The van der Waals surface area contributed by atoms with E-state index in [0.717, 1.165) is 30.8 Å². The lowest BCUT2D eigenvalue weighted by Gasteiger charge is -2.26. The molecule has 0 saturated heterocycles. The second kappa shape index (κ2) is 11.2. The molecular weight excluding hydrogens is 434 g/mol. The first-order valence-electron chi connectivity index (χ1n) is 12.4. The van der Waals surface area contributed by atoms with Crippen molar-refractivity contribution >= 4 is 16.7 Å². The number of hydrogen-bond acceptors (Lipinski definition) is 3. The van der Waals surface area contributed by atoms with Crippen molar-refractivity contribution in [1.29, 1.82) is 0 Å². The van der Waals surface area contributed by atoms with E-state index < -0.39 is 0 Å². The van der Waals surface area contributed by atoms with Gasteiger partial charge in [-0.1, -0.05) is 87.5 Å². The van der Waals surface area contributed by atoms with Crippen LogP contribution >= 0.6 is 0 Å². The second-order valence-corrected chi connectivity index (χ2v) is 8.65. The van der Waals surface area contributed by atoms with Crippen molar-refractivity contribution in [2.24, 2.45) is 0 Å². The summed E-state index contributed by atoms with van der Waals surface area (Å²) in [5.41, 5.74) is 2.99. The number of carbonyl (C=O) groups is 1. The van der Waals surface area contributed by atoms with Gasteiger partial charge >= 0.3 is 0 Å². The maximum absolute atomic E-state index is 14.0. The molecule has 0 radical (unpaired) electrons. The number of hydrogen-bond donors (Lipinski definition) is 1. The first kappa shape index (κ1) is 24.4. The van der Waals surface area contributed by atoms with Gasteiger partial charge < -0.3 is 5.32 Å². The van der Waals surface area contributed by atoms with E-state index in [-0.39, 0.29) is 17.5 Å². The lowest BCUT2D eigenvalue weighted by molar-refractivity contribution is 0.0934. The summed E-state index contributed by atoms with van der Waals surface area (Å²) in [6, 6.07) is 26.9. The Labute approximate surface area is 207 Å². The average molecular weight is 468 g/mol. The van der Waals surface area contributed by atoms with E-state index in [1.165, 1.54) is 0 Å². The Morgan fingerprint density at radius 1 is 0.829 bits per heavy atom. The van der Waals surface area contributed by atoms with E-state index >= 15 is 0 Å². The van der Waals surface area contributed by atoms with Crippen LogP contribution in [-0.2, 0) is 6.54 Å². The molecule has 5 nitrogen and oxygen atoms in total. The third-order valence-corrected chi connectivity index (χ3v) is 6.61. The van der Waals surface area contributed by atoms with Crippen LogP contribution in [0.2, 0.25) is 0 Å². The maximum Gasteiger partial charge on any atom is 0.263 e. The highest BCUT2D eigenvalue weighted by Crippen LogP contribution is 2.26. The number of para-hydroxylation sites is 1. The first-order valence-corrected chi connectivity index (χ1v) is 12.4. The van der Waals surface area contributed by atoms with Gasteiger partial charge in [0.15, 0.2) is 0 Å². The SMILES string of the molecule is CC[C@H](NC(=O)c1c(CN(CC)CC)n(-c2ccccc2)c(=O)c2ccccc12)c1ccccc1. The molecule has 3 aromatic carbocycles. The Morgan fingerprint density at radius 2 is 1.40 bits per heavy atom. The van der Waals surface area contributed by atoms with Gasteiger partial charge in [0.2, 0.25) is 0 Å². The number of nitrogens with one attached hydrogen (secondary N) is 1.